The van der Waals surface area contributed by atoms with Crippen LogP contribution in [-0.4, -0.2) is 24.9 Å². The maximum atomic E-state index is 12.2. The molecule has 2 rings (SSSR count). The van der Waals surface area contributed by atoms with E-state index in [4.69, 9.17) is 11.6 Å². The molecule has 0 fully saturated rings. The Balaban J connectivity index is 1.94. The Morgan fingerprint density at radius 3 is 2.40 bits per heavy atom. The molecule has 132 valence electrons. The van der Waals surface area contributed by atoms with Gasteiger partial charge in [0.15, 0.2) is 0 Å². The van der Waals surface area contributed by atoms with Crippen LogP contribution in [0.25, 0.3) is 0 Å². The molecular formula is C20H23ClN2O2. The molecule has 0 unspecified atom stereocenters. The summed E-state index contributed by atoms with van der Waals surface area (Å²) >= 11 is 5.86. The van der Waals surface area contributed by atoms with Crippen molar-refractivity contribution < 1.29 is 9.59 Å². The van der Waals surface area contributed by atoms with E-state index in [2.05, 4.69) is 5.32 Å². The number of amides is 2. The van der Waals surface area contributed by atoms with Crippen LogP contribution in [0.2, 0.25) is 5.02 Å². The van der Waals surface area contributed by atoms with Crippen LogP contribution >= 0.6 is 11.6 Å². The second-order valence-corrected chi connectivity index (χ2v) is 6.25. The highest BCUT2D eigenvalue weighted by molar-refractivity contribution is 6.30. The molecule has 0 aliphatic heterocycles. The molecule has 2 aromatic rings. The van der Waals surface area contributed by atoms with E-state index >= 15 is 0 Å². The minimum atomic E-state index is -0.171. The average molecular weight is 359 g/mol. The molecule has 0 aromatic heterocycles. The molecule has 0 atom stereocenters. The van der Waals surface area contributed by atoms with Crippen molar-refractivity contribution in [2.24, 2.45) is 0 Å². The molecule has 25 heavy (non-hydrogen) atoms. The normalized spacial score (nSPS) is 10.4. The second kappa shape index (κ2) is 9.23. The van der Waals surface area contributed by atoms with Gasteiger partial charge in [0.05, 0.1) is 0 Å². The van der Waals surface area contributed by atoms with E-state index in [1.54, 1.807) is 0 Å². The standard InChI is InChI=1S/C20H23ClN2O2/c1-3-17-6-4-5-7-19(17)23(15(2)24)14-20(25)22-13-12-16-8-10-18(21)11-9-16/h4-11H,3,12-14H2,1-2H3,(H,22,25). The Hall–Kier alpha value is -2.33. The number of benzene rings is 2. The summed E-state index contributed by atoms with van der Waals surface area (Å²) in [6.07, 6.45) is 1.52. The van der Waals surface area contributed by atoms with Crippen LogP contribution < -0.4 is 10.2 Å². The first-order valence-corrected chi connectivity index (χ1v) is 8.76. The third-order valence-electron chi connectivity index (χ3n) is 3.99. The minimum absolute atomic E-state index is 0.0208. The van der Waals surface area contributed by atoms with Crippen LogP contribution in [0.3, 0.4) is 0 Å². The van der Waals surface area contributed by atoms with Gasteiger partial charge in [0.1, 0.15) is 6.54 Å². The zero-order valence-electron chi connectivity index (χ0n) is 14.6. The monoisotopic (exact) mass is 358 g/mol. The minimum Gasteiger partial charge on any atom is -0.354 e. The van der Waals surface area contributed by atoms with Crippen molar-refractivity contribution in [1.29, 1.82) is 0 Å². The third-order valence-corrected chi connectivity index (χ3v) is 4.25. The maximum absolute atomic E-state index is 12.2. The van der Waals surface area contributed by atoms with Crippen LogP contribution in [0, 0.1) is 0 Å². The second-order valence-electron chi connectivity index (χ2n) is 5.81. The van der Waals surface area contributed by atoms with Crippen molar-refractivity contribution in [3.05, 3.63) is 64.7 Å². The lowest BCUT2D eigenvalue weighted by Gasteiger charge is -2.23. The Bertz CT molecular complexity index is 729. The van der Waals surface area contributed by atoms with Gasteiger partial charge in [-0.2, -0.15) is 0 Å². The van der Waals surface area contributed by atoms with E-state index in [9.17, 15) is 9.59 Å². The Kier molecular flexibility index (Phi) is 7.02. The topological polar surface area (TPSA) is 49.4 Å². The van der Waals surface area contributed by atoms with Gasteiger partial charge < -0.3 is 10.2 Å². The van der Waals surface area contributed by atoms with Gasteiger partial charge in [-0.05, 0) is 42.2 Å². The summed E-state index contributed by atoms with van der Waals surface area (Å²) in [7, 11) is 0. The summed E-state index contributed by atoms with van der Waals surface area (Å²) in [5, 5.41) is 3.57. The molecule has 2 amide bonds. The number of nitrogens with zero attached hydrogens (tertiary/aromatic N) is 1. The number of anilines is 1. The van der Waals surface area contributed by atoms with Crippen LogP contribution in [0.4, 0.5) is 5.69 Å². The van der Waals surface area contributed by atoms with E-state index in [0.29, 0.717) is 18.0 Å². The summed E-state index contributed by atoms with van der Waals surface area (Å²) in [5.41, 5.74) is 2.95. The molecule has 0 saturated heterocycles. The Labute approximate surface area is 153 Å². The number of carbonyl (C=O) groups excluding carboxylic acids is 2. The summed E-state index contributed by atoms with van der Waals surface area (Å²) < 4.78 is 0. The van der Waals surface area contributed by atoms with Crippen molar-refractivity contribution >= 4 is 29.1 Å². The molecule has 0 aliphatic carbocycles. The van der Waals surface area contributed by atoms with Gasteiger partial charge in [0.25, 0.3) is 0 Å². The fraction of sp³-hybridized carbons (Fsp3) is 0.300. The highest BCUT2D eigenvalue weighted by atomic mass is 35.5. The summed E-state index contributed by atoms with van der Waals surface area (Å²) in [5.74, 6) is -0.316. The van der Waals surface area contributed by atoms with Gasteiger partial charge in [-0.25, -0.2) is 0 Å². The Morgan fingerprint density at radius 2 is 1.76 bits per heavy atom. The molecule has 1 N–H and O–H groups in total. The molecule has 5 heteroatoms. The van der Waals surface area contributed by atoms with Crippen LogP contribution in [0.1, 0.15) is 25.0 Å². The third kappa shape index (κ3) is 5.61. The van der Waals surface area contributed by atoms with Gasteiger partial charge in [-0.1, -0.05) is 48.9 Å². The molecule has 2 aromatic carbocycles. The van der Waals surface area contributed by atoms with Gasteiger partial charge in [0.2, 0.25) is 11.8 Å². The first-order valence-electron chi connectivity index (χ1n) is 8.38. The van der Waals surface area contributed by atoms with Crippen molar-refractivity contribution in [1.82, 2.24) is 5.32 Å². The van der Waals surface area contributed by atoms with Crippen molar-refractivity contribution in [2.75, 3.05) is 18.0 Å². The molecule has 0 saturated carbocycles. The highest BCUT2D eigenvalue weighted by Crippen LogP contribution is 2.21. The van der Waals surface area contributed by atoms with Crippen molar-refractivity contribution in [3.8, 4) is 0 Å². The lowest BCUT2D eigenvalue weighted by Crippen LogP contribution is -2.40. The quantitative estimate of drug-likeness (QED) is 0.821. The largest absolute Gasteiger partial charge is 0.354 e. The highest BCUT2D eigenvalue weighted by Gasteiger charge is 2.17. The fourth-order valence-corrected chi connectivity index (χ4v) is 2.76. The van der Waals surface area contributed by atoms with E-state index < -0.39 is 0 Å². The number of rotatable bonds is 7. The van der Waals surface area contributed by atoms with Gasteiger partial charge >= 0.3 is 0 Å². The Morgan fingerprint density at radius 1 is 1.08 bits per heavy atom. The smallest absolute Gasteiger partial charge is 0.240 e. The van der Waals surface area contributed by atoms with Crippen LogP contribution in [-0.2, 0) is 22.4 Å². The lowest BCUT2D eigenvalue weighted by molar-refractivity contribution is -0.123. The van der Waals surface area contributed by atoms with E-state index in [-0.39, 0.29) is 18.4 Å². The number of carbonyl (C=O) groups is 2. The fourth-order valence-electron chi connectivity index (χ4n) is 2.64. The SMILES string of the molecule is CCc1ccccc1N(CC(=O)NCCc1ccc(Cl)cc1)C(C)=O. The molecular weight excluding hydrogens is 336 g/mol. The number of hydrogen-bond acceptors (Lipinski definition) is 2. The molecule has 0 heterocycles. The van der Waals surface area contributed by atoms with Crippen molar-refractivity contribution in [2.45, 2.75) is 26.7 Å². The van der Waals surface area contributed by atoms with Gasteiger partial charge in [-0.15, -0.1) is 0 Å². The van der Waals surface area contributed by atoms with Crippen molar-refractivity contribution in [3.63, 3.8) is 0 Å². The zero-order valence-corrected chi connectivity index (χ0v) is 15.3. The predicted octanol–water partition coefficient (Wildman–Crippen LogP) is 3.61. The summed E-state index contributed by atoms with van der Waals surface area (Å²) in [6.45, 7) is 4.05. The van der Waals surface area contributed by atoms with Gasteiger partial charge in [0, 0.05) is 24.2 Å². The van der Waals surface area contributed by atoms with Crippen LogP contribution in [0.5, 0.6) is 0 Å². The first-order chi connectivity index (χ1) is 12.0. The summed E-state index contributed by atoms with van der Waals surface area (Å²) in [6, 6.07) is 15.2. The molecule has 0 spiro atoms. The van der Waals surface area contributed by atoms with E-state index in [0.717, 1.165) is 23.2 Å². The summed E-state index contributed by atoms with van der Waals surface area (Å²) in [4.78, 5) is 25.8. The van der Waals surface area contributed by atoms with E-state index in [1.807, 2.05) is 55.5 Å². The number of aryl methyl sites for hydroxylation is 1. The molecule has 0 aliphatic rings. The molecule has 4 nitrogen and oxygen atoms in total. The van der Waals surface area contributed by atoms with E-state index in [1.165, 1.54) is 11.8 Å². The number of hydrogen-bond donors (Lipinski definition) is 1. The number of nitrogens with one attached hydrogen (secondary N) is 1. The maximum Gasteiger partial charge on any atom is 0.240 e. The average Bonchev–Trinajstić information content (AvgIpc) is 2.61. The molecule has 0 radical (unpaired) electrons. The first kappa shape index (κ1) is 19.0. The van der Waals surface area contributed by atoms with Crippen LogP contribution in [0.15, 0.2) is 48.5 Å². The number of para-hydroxylation sites is 1. The zero-order chi connectivity index (χ0) is 18.2. The molecule has 0 bridgehead atoms. The predicted molar refractivity (Wildman–Crippen MR) is 102 cm³/mol. The lowest BCUT2D eigenvalue weighted by atomic mass is 10.1. The number of halogens is 1. The van der Waals surface area contributed by atoms with Gasteiger partial charge in [-0.3, -0.25) is 9.59 Å².